The van der Waals surface area contributed by atoms with Crippen LogP contribution in [0.4, 0.5) is 4.79 Å². The molecule has 0 saturated heterocycles. The molecule has 1 rings (SSSR count). The molecule has 0 aromatic rings. The lowest BCUT2D eigenvalue weighted by atomic mass is 9.82. The number of amides is 1. The number of rotatable bonds is 2. The van der Waals surface area contributed by atoms with Crippen molar-refractivity contribution < 1.29 is 9.53 Å². The van der Waals surface area contributed by atoms with Gasteiger partial charge in [0.25, 0.3) is 0 Å². The van der Waals surface area contributed by atoms with Crippen molar-refractivity contribution in [3.05, 3.63) is 11.4 Å². The van der Waals surface area contributed by atoms with Crippen LogP contribution in [0.5, 0.6) is 0 Å². The molecule has 0 radical (unpaired) electrons. The van der Waals surface area contributed by atoms with Gasteiger partial charge in [-0.15, -0.1) is 0 Å². The maximum Gasteiger partial charge on any atom is 0.408 e. The van der Waals surface area contributed by atoms with Gasteiger partial charge in [0.1, 0.15) is 11.1 Å². The maximum absolute atomic E-state index is 11.8. The summed E-state index contributed by atoms with van der Waals surface area (Å²) in [5, 5.41) is 2.91. The van der Waals surface area contributed by atoms with Crippen LogP contribution in [0.3, 0.4) is 0 Å². The van der Waals surface area contributed by atoms with Crippen LogP contribution in [0.1, 0.15) is 52.9 Å². The van der Waals surface area contributed by atoms with Crippen LogP contribution in [0, 0.1) is 6.57 Å². The molecule has 96 valence electrons. The second kappa shape index (κ2) is 5.39. The minimum atomic E-state index is -0.488. The lowest BCUT2D eigenvalue weighted by Crippen LogP contribution is -2.53. The molecule has 1 aliphatic rings. The zero-order valence-electron chi connectivity index (χ0n) is 11.0. The number of nitrogens with one attached hydrogen (secondary N) is 1. The molecule has 0 unspecified atom stereocenters. The van der Waals surface area contributed by atoms with Crippen LogP contribution in [-0.4, -0.2) is 23.8 Å². The van der Waals surface area contributed by atoms with Crippen molar-refractivity contribution >= 4 is 6.09 Å². The molecule has 0 bridgehead atoms. The molecular weight excluding hydrogens is 216 g/mol. The predicted molar refractivity (Wildman–Crippen MR) is 66.7 cm³/mol. The summed E-state index contributed by atoms with van der Waals surface area (Å²) in [5.74, 6) is 0. The largest absolute Gasteiger partial charge is 0.444 e. The fourth-order valence-corrected chi connectivity index (χ4v) is 2.22. The van der Waals surface area contributed by atoms with Gasteiger partial charge in [0.05, 0.1) is 0 Å². The molecule has 1 saturated carbocycles. The lowest BCUT2D eigenvalue weighted by Gasteiger charge is -2.34. The second-order valence-corrected chi connectivity index (χ2v) is 5.78. The molecule has 0 heterocycles. The van der Waals surface area contributed by atoms with Gasteiger partial charge in [-0.2, -0.15) is 0 Å². The molecule has 1 aliphatic carbocycles. The Hall–Kier alpha value is -1.24. The summed E-state index contributed by atoms with van der Waals surface area (Å²) in [4.78, 5) is 15.2. The Labute approximate surface area is 104 Å². The van der Waals surface area contributed by atoms with Crippen LogP contribution in [0.25, 0.3) is 4.85 Å². The number of carbonyl (C=O) groups excluding carboxylic acids is 1. The van der Waals surface area contributed by atoms with Crippen molar-refractivity contribution in [2.75, 3.05) is 6.54 Å². The van der Waals surface area contributed by atoms with E-state index in [0.717, 1.165) is 25.7 Å². The summed E-state index contributed by atoms with van der Waals surface area (Å²) in [6.07, 6.45) is 4.71. The van der Waals surface area contributed by atoms with Crippen LogP contribution >= 0.6 is 0 Å². The Morgan fingerprint density at radius 3 is 2.41 bits per heavy atom. The van der Waals surface area contributed by atoms with Gasteiger partial charge >= 0.3 is 6.09 Å². The van der Waals surface area contributed by atoms with Crippen LogP contribution in [-0.2, 0) is 4.74 Å². The first kappa shape index (κ1) is 13.8. The number of hydrogen-bond acceptors (Lipinski definition) is 2. The van der Waals surface area contributed by atoms with E-state index in [1.807, 2.05) is 20.8 Å². The number of carbonyl (C=O) groups is 1. The summed E-state index contributed by atoms with van der Waals surface area (Å²) >= 11 is 0. The highest BCUT2D eigenvalue weighted by Gasteiger charge is 2.37. The molecule has 17 heavy (non-hydrogen) atoms. The molecule has 4 heteroatoms. The fraction of sp³-hybridized carbons (Fsp3) is 0.846. The topological polar surface area (TPSA) is 42.7 Å². The standard InChI is InChI=1S/C13H22N2O2/c1-12(2,3)17-11(16)15-13(10-14-4)8-6-5-7-9-13/h5-10H2,1-3H3,(H,15,16). The van der Waals surface area contributed by atoms with Gasteiger partial charge in [-0.1, -0.05) is 19.3 Å². The third kappa shape index (κ3) is 4.64. The van der Waals surface area contributed by atoms with E-state index in [1.54, 1.807) is 0 Å². The first-order valence-corrected chi connectivity index (χ1v) is 6.21. The summed E-state index contributed by atoms with van der Waals surface area (Å²) in [5.41, 5.74) is -0.847. The molecule has 0 aromatic heterocycles. The van der Waals surface area contributed by atoms with Gasteiger partial charge in [-0.3, -0.25) is 0 Å². The maximum atomic E-state index is 11.8. The van der Waals surface area contributed by atoms with Crippen LogP contribution < -0.4 is 5.32 Å². The summed E-state index contributed by atoms with van der Waals surface area (Å²) in [7, 11) is 0. The molecule has 0 atom stereocenters. The number of alkyl carbamates (subject to hydrolysis) is 1. The third-order valence-electron chi connectivity index (χ3n) is 2.96. The van der Waals surface area contributed by atoms with Gasteiger partial charge in [0.15, 0.2) is 0 Å². The highest BCUT2D eigenvalue weighted by Crippen LogP contribution is 2.29. The molecular formula is C13H22N2O2. The van der Waals surface area contributed by atoms with E-state index in [9.17, 15) is 4.79 Å². The average Bonchev–Trinajstić information content (AvgIpc) is 2.15. The molecule has 0 aromatic carbocycles. The quantitative estimate of drug-likeness (QED) is 0.751. The normalized spacial score (nSPS) is 19.2. The second-order valence-electron chi connectivity index (χ2n) is 5.78. The molecule has 4 nitrogen and oxygen atoms in total. The summed E-state index contributed by atoms with van der Waals surface area (Å²) in [6.45, 7) is 12.9. The van der Waals surface area contributed by atoms with Crippen molar-refractivity contribution in [3.8, 4) is 0 Å². The van der Waals surface area contributed by atoms with E-state index in [0.29, 0.717) is 6.54 Å². The van der Waals surface area contributed by atoms with Gasteiger partial charge in [0, 0.05) is 0 Å². The molecule has 1 N–H and O–H groups in total. The van der Waals surface area contributed by atoms with Crippen molar-refractivity contribution in [2.45, 2.75) is 64.0 Å². The van der Waals surface area contributed by atoms with E-state index in [2.05, 4.69) is 10.2 Å². The first-order valence-electron chi connectivity index (χ1n) is 6.21. The van der Waals surface area contributed by atoms with Crippen molar-refractivity contribution in [2.24, 2.45) is 0 Å². The zero-order valence-corrected chi connectivity index (χ0v) is 11.0. The van der Waals surface area contributed by atoms with Gasteiger partial charge < -0.3 is 14.9 Å². The van der Waals surface area contributed by atoms with Gasteiger partial charge in [-0.05, 0) is 33.6 Å². The average molecular weight is 238 g/mol. The summed E-state index contributed by atoms with van der Waals surface area (Å²) < 4.78 is 5.26. The molecule has 1 fully saturated rings. The number of hydrogen-bond donors (Lipinski definition) is 1. The first-order chi connectivity index (χ1) is 7.87. The summed E-state index contributed by atoms with van der Waals surface area (Å²) in [6, 6.07) is 0. The van der Waals surface area contributed by atoms with Crippen molar-refractivity contribution in [1.29, 1.82) is 0 Å². The molecule has 0 aliphatic heterocycles. The minimum Gasteiger partial charge on any atom is -0.444 e. The van der Waals surface area contributed by atoms with E-state index in [4.69, 9.17) is 11.3 Å². The van der Waals surface area contributed by atoms with Crippen molar-refractivity contribution in [1.82, 2.24) is 5.32 Å². The zero-order chi connectivity index (χ0) is 12.9. The fourth-order valence-electron chi connectivity index (χ4n) is 2.22. The predicted octanol–water partition coefficient (Wildman–Crippen LogP) is 3.13. The van der Waals surface area contributed by atoms with Gasteiger partial charge in [-0.25, -0.2) is 11.4 Å². The van der Waals surface area contributed by atoms with E-state index in [1.165, 1.54) is 6.42 Å². The highest BCUT2D eigenvalue weighted by molar-refractivity contribution is 5.69. The Morgan fingerprint density at radius 2 is 1.94 bits per heavy atom. The lowest BCUT2D eigenvalue weighted by molar-refractivity contribution is 0.0436. The Bertz CT molecular complexity index is 306. The van der Waals surface area contributed by atoms with Crippen LogP contribution in [0.15, 0.2) is 0 Å². The van der Waals surface area contributed by atoms with Crippen molar-refractivity contribution in [3.63, 3.8) is 0 Å². The van der Waals surface area contributed by atoms with E-state index < -0.39 is 11.7 Å². The monoisotopic (exact) mass is 238 g/mol. The van der Waals surface area contributed by atoms with E-state index >= 15 is 0 Å². The Kier molecular flexibility index (Phi) is 4.39. The molecule has 1 amide bonds. The third-order valence-corrected chi connectivity index (χ3v) is 2.96. The van der Waals surface area contributed by atoms with E-state index in [-0.39, 0.29) is 5.54 Å². The van der Waals surface area contributed by atoms with Gasteiger partial charge in [0.2, 0.25) is 6.54 Å². The SMILES string of the molecule is [C-]#[N+]CC1(NC(=O)OC(C)(C)C)CCCCC1. The Morgan fingerprint density at radius 1 is 1.35 bits per heavy atom. The van der Waals surface area contributed by atoms with Crippen LogP contribution in [0.2, 0.25) is 0 Å². The highest BCUT2D eigenvalue weighted by atomic mass is 16.6. The molecule has 0 spiro atoms. The minimum absolute atomic E-state index is 0.353. The number of ether oxygens (including phenoxy) is 1. The smallest absolute Gasteiger partial charge is 0.408 e. The Balaban J connectivity index is 2.61. The number of nitrogens with zero attached hydrogens (tertiary/aromatic N) is 1.